The van der Waals surface area contributed by atoms with E-state index in [9.17, 15) is 9.90 Å². The molecule has 0 spiro atoms. The Hall–Kier alpha value is -1.35. The Kier molecular flexibility index (Phi) is 3.43. The van der Waals surface area contributed by atoms with Gasteiger partial charge in [-0.3, -0.25) is 4.79 Å². The molecule has 1 amide bonds. The molecule has 0 saturated heterocycles. The molecule has 1 aromatic rings. The highest BCUT2D eigenvalue weighted by molar-refractivity contribution is 6.03. The van der Waals surface area contributed by atoms with E-state index in [0.29, 0.717) is 0 Å². The van der Waals surface area contributed by atoms with Gasteiger partial charge in [-0.1, -0.05) is 39.8 Å². The average molecular weight is 261 g/mol. The van der Waals surface area contributed by atoms with E-state index >= 15 is 0 Å². The van der Waals surface area contributed by atoms with E-state index in [-0.39, 0.29) is 17.2 Å². The van der Waals surface area contributed by atoms with Gasteiger partial charge in [0, 0.05) is 5.69 Å². The van der Waals surface area contributed by atoms with Crippen LogP contribution in [-0.2, 0) is 4.79 Å². The highest BCUT2D eigenvalue weighted by Crippen LogP contribution is 2.41. The van der Waals surface area contributed by atoms with Crippen molar-refractivity contribution in [2.24, 2.45) is 5.41 Å². The maximum absolute atomic E-state index is 11.9. The highest BCUT2D eigenvalue weighted by Gasteiger charge is 2.32. The summed E-state index contributed by atoms with van der Waals surface area (Å²) < 4.78 is 0. The third-order valence-corrected chi connectivity index (χ3v) is 3.87. The van der Waals surface area contributed by atoms with Gasteiger partial charge in [-0.15, -0.1) is 0 Å². The number of benzene rings is 1. The fourth-order valence-electron chi connectivity index (χ4n) is 2.70. The normalized spacial score (nSPS) is 20.1. The van der Waals surface area contributed by atoms with Gasteiger partial charge in [0.05, 0.1) is 12.0 Å². The predicted molar refractivity (Wildman–Crippen MR) is 77.3 cm³/mol. The summed E-state index contributed by atoms with van der Waals surface area (Å²) in [7, 11) is 0. The number of hydrogen-bond acceptors (Lipinski definition) is 2. The molecule has 3 heteroatoms. The number of anilines is 1. The van der Waals surface area contributed by atoms with Crippen molar-refractivity contribution in [3.05, 3.63) is 28.8 Å². The van der Waals surface area contributed by atoms with Gasteiger partial charge in [0.15, 0.2) is 0 Å². The molecule has 0 fully saturated rings. The summed E-state index contributed by atoms with van der Waals surface area (Å²) in [5, 5.41) is 13.4. The Morgan fingerprint density at radius 2 is 2.00 bits per heavy atom. The van der Waals surface area contributed by atoms with Gasteiger partial charge >= 0.3 is 0 Å². The summed E-state index contributed by atoms with van der Waals surface area (Å²) in [5.74, 6) is -0.0104. The van der Waals surface area contributed by atoms with Gasteiger partial charge in [-0.25, -0.2) is 0 Å². The van der Waals surface area contributed by atoms with Gasteiger partial charge < -0.3 is 10.4 Å². The molecule has 0 aromatic heterocycles. The molecule has 2 N–H and O–H groups in total. The van der Waals surface area contributed by atoms with Gasteiger partial charge in [0.25, 0.3) is 0 Å². The topological polar surface area (TPSA) is 49.3 Å². The molecule has 0 saturated carbocycles. The minimum Gasteiger partial charge on any atom is -0.388 e. The van der Waals surface area contributed by atoms with E-state index in [1.165, 1.54) is 0 Å². The number of carbonyl (C=O) groups is 1. The number of amides is 1. The van der Waals surface area contributed by atoms with E-state index in [1.807, 2.05) is 46.8 Å². The second-order valence-electron chi connectivity index (χ2n) is 6.52. The molecule has 0 radical (unpaired) electrons. The van der Waals surface area contributed by atoms with Crippen LogP contribution in [0.5, 0.6) is 0 Å². The first kappa shape index (κ1) is 14.1. The number of carbonyl (C=O) groups excluding carboxylic acids is 1. The van der Waals surface area contributed by atoms with Crippen molar-refractivity contribution in [2.45, 2.75) is 53.1 Å². The Labute approximate surface area is 115 Å². The average Bonchev–Trinajstić information content (AvgIpc) is 2.63. The van der Waals surface area contributed by atoms with E-state index in [4.69, 9.17) is 0 Å². The SMILES string of the molecule is CCC1C(=O)Nc2c(C)cc(C(O)C(C)(C)C)cc21. The molecular formula is C16H23NO2. The molecule has 0 bridgehead atoms. The molecule has 2 atom stereocenters. The molecule has 1 aromatic carbocycles. The van der Waals surface area contributed by atoms with Crippen molar-refractivity contribution in [3.8, 4) is 0 Å². The molecule has 2 rings (SSSR count). The zero-order chi connectivity index (χ0) is 14.4. The largest absolute Gasteiger partial charge is 0.388 e. The van der Waals surface area contributed by atoms with Gasteiger partial charge in [-0.2, -0.15) is 0 Å². The molecule has 1 aliphatic rings. The number of aryl methyl sites for hydroxylation is 1. The Balaban J connectivity index is 2.50. The lowest BCUT2D eigenvalue weighted by atomic mass is 9.82. The van der Waals surface area contributed by atoms with Crippen LogP contribution in [0.1, 0.15) is 62.8 Å². The highest BCUT2D eigenvalue weighted by atomic mass is 16.3. The van der Waals surface area contributed by atoms with Crippen LogP contribution < -0.4 is 5.32 Å². The first-order valence-electron chi connectivity index (χ1n) is 6.89. The first-order valence-corrected chi connectivity index (χ1v) is 6.89. The number of fused-ring (bicyclic) bond motifs is 1. The molecule has 0 aliphatic carbocycles. The number of aliphatic hydroxyl groups is 1. The van der Waals surface area contributed by atoms with E-state index in [2.05, 4.69) is 5.32 Å². The van der Waals surface area contributed by atoms with E-state index < -0.39 is 6.10 Å². The number of rotatable bonds is 2. The molecule has 2 unspecified atom stereocenters. The minimum absolute atomic E-state index is 0.0722. The van der Waals surface area contributed by atoms with E-state index in [1.54, 1.807) is 0 Å². The lowest BCUT2D eigenvalue weighted by molar-refractivity contribution is -0.117. The number of nitrogens with one attached hydrogen (secondary N) is 1. The maximum atomic E-state index is 11.9. The quantitative estimate of drug-likeness (QED) is 0.855. The smallest absolute Gasteiger partial charge is 0.232 e. The fourth-order valence-corrected chi connectivity index (χ4v) is 2.70. The van der Waals surface area contributed by atoms with Crippen LogP contribution in [0.4, 0.5) is 5.69 Å². The van der Waals surface area contributed by atoms with Gasteiger partial charge in [0.2, 0.25) is 5.91 Å². The standard InChI is InChI=1S/C16H23NO2/c1-6-11-12-8-10(14(18)16(3,4)5)7-9(2)13(12)17-15(11)19/h7-8,11,14,18H,6H2,1-5H3,(H,17,19). The van der Waals surface area contributed by atoms with Crippen LogP contribution in [0, 0.1) is 12.3 Å². The molecule has 1 aliphatic heterocycles. The molecular weight excluding hydrogens is 238 g/mol. The van der Waals surface area contributed by atoms with Gasteiger partial charge in [-0.05, 0) is 35.4 Å². The summed E-state index contributed by atoms with van der Waals surface area (Å²) in [6, 6.07) is 3.97. The van der Waals surface area contributed by atoms with Crippen LogP contribution in [0.2, 0.25) is 0 Å². The zero-order valence-electron chi connectivity index (χ0n) is 12.4. The van der Waals surface area contributed by atoms with Crippen LogP contribution in [-0.4, -0.2) is 11.0 Å². The summed E-state index contributed by atoms with van der Waals surface area (Å²) in [5.41, 5.74) is 3.68. The van der Waals surface area contributed by atoms with Crippen molar-refractivity contribution in [1.82, 2.24) is 0 Å². The van der Waals surface area contributed by atoms with Gasteiger partial charge in [0.1, 0.15) is 0 Å². The van der Waals surface area contributed by atoms with Crippen molar-refractivity contribution in [3.63, 3.8) is 0 Å². The molecule has 3 nitrogen and oxygen atoms in total. The summed E-state index contributed by atoms with van der Waals surface area (Å²) >= 11 is 0. The third-order valence-electron chi connectivity index (χ3n) is 3.87. The lowest BCUT2D eigenvalue weighted by Crippen LogP contribution is -2.18. The van der Waals surface area contributed by atoms with Crippen molar-refractivity contribution < 1.29 is 9.90 Å². The third kappa shape index (κ3) is 2.39. The number of hydrogen-bond donors (Lipinski definition) is 2. The molecule has 19 heavy (non-hydrogen) atoms. The summed E-state index contributed by atoms with van der Waals surface area (Å²) in [6.45, 7) is 10.0. The summed E-state index contributed by atoms with van der Waals surface area (Å²) in [6.07, 6.45) is 0.262. The minimum atomic E-state index is -0.523. The second-order valence-corrected chi connectivity index (χ2v) is 6.52. The van der Waals surface area contributed by atoms with Crippen molar-refractivity contribution >= 4 is 11.6 Å². The Bertz CT molecular complexity index is 514. The first-order chi connectivity index (χ1) is 8.75. The number of aliphatic hydroxyl groups excluding tert-OH is 1. The van der Waals surface area contributed by atoms with Crippen LogP contribution >= 0.6 is 0 Å². The van der Waals surface area contributed by atoms with Crippen LogP contribution in [0.15, 0.2) is 12.1 Å². The predicted octanol–water partition coefficient (Wildman–Crippen LogP) is 3.52. The zero-order valence-corrected chi connectivity index (χ0v) is 12.4. The summed E-state index contributed by atoms with van der Waals surface area (Å²) in [4.78, 5) is 11.9. The Morgan fingerprint density at radius 1 is 1.37 bits per heavy atom. The van der Waals surface area contributed by atoms with E-state index in [0.717, 1.165) is 28.8 Å². The Morgan fingerprint density at radius 3 is 2.53 bits per heavy atom. The lowest BCUT2D eigenvalue weighted by Gasteiger charge is -2.27. The van der Waals surface area contributed by atoms with Crippen molar-refractivity contribution in [2.75, 3.05) is 5.32 Å². The van der Waals surface area contributed by atoms with Crippen molar-refractivity contribution in [1.29, 1.82) is 0 Å². The molecule has 104 valence electrons. The molecule has 1 heterocycles. The maximum Gasteiger partial charge on any atom is 0.232 e. The second kappa shape index (κ2) is 4.64. The monoisotopic (exact) mass is 261 g/mol. The van der Waals surface area contributed by atoms with Crippen LogP contribution in [0.25, 0.3) is 0 Å². The van der Waals surface area contributed by atoms with Crippen LogP contribution in [0.3, 0.4) is 0 Å². The fraction of sp³-hybridized carbons (Fsp3) is 0.562.